The van der Waals surface area contributed by atoms with Gasteiger partial charge in [-0.1, -0.05) is 17.6 Å². The Morgan fingerprint density at radius 2 is 2.00 bits per heavy atom. The third kappa shape index (κ3) is 5.02. The summed E-state index contributed by atoms with van der Waals surface area (Å²) < 4.78 is 7.90. The lowest BCUT2D eigenvalue weighted by molar-refractivity contribution is -0.129. The van der Waals surface area contributed by atoms with Crippen molar-refractivity contribution in [1.82, 2.24) is 14.7 Å². The largest absolute Gasteiger partial charge is 0.430 e. The van der Waals surface area contributed by atoms with Crippen LogP contribution in [0.15, 0.2) is 24.3 Å². The first-order valence-electron chi connectivity index (χ1n) is 10.5. The number of carbonyl (C=O) groups is 1. The van der Waals surface area contributed by atoms with Gasteiger partial charge in [-0.2, -0.15) is 5.10 Å². The van der Waals surface area contributed by atoms with Gasteiger partial charge in [0, 0.05) is 49.0 Å². The molecule has 1 saturated carbocycles. The van der Waals surface area contributed by atoms with Crippen LogP contribution in [0, 0.1) is 5.92 Å². The van der Waals surface area contributed by atoms with Crippen LogP contribution >= 0.6 is 0 Å². The lowest BCUT2D eigenvalue weighted by Gasteiger charge is -2.26. The van der Waals surface area contributed by atoms with E-state index in [1.165, 1.54) is 18.5 Å². The van der Waals surface area contributed by atoms with Crippen LogP contribution < -0.4 is 10.8 Å². The van der Waals surface area contributed by atoms with E-state index in [9.17, 15) is 4.79 Å². The molecule has 1 aliphatic carbocycles. The van der Waals surface area contributed by atoms with Gasteiger partial charge in [-0.15, -0.1) is 0 Å². The first-order chi connectivity index (χ1) is 13.8. The Labute approximate surface area is 173 Å². The molecular weight excluding hydrogens is 363 g/mol. The summed E-state index contributed by atoms with van der Waals surface area (Å²) in [6, 6.07) is 8.14. The van der Waals surface area contributed by atoms with E-state index in [0.29, 0.717) is 6.54 Å². The van der Waals surface area contributed by atoms with Crippen molar-refractivity contribution in [2.24, 2.45) is 5.92 Å². The number of nitrogens with one attached hydrogen (secondary N) is 1. The van der Waals surface area contributed by atoms with Gasteiger partial charge >= 0.3 is 7.48 Å². The Morgan fingerprint density at radius 3 is 2.62 bits per heavy atom. The second kappa shape index (κ2) is 7.86. The first kappa shape index (κ1) is 20.0. The summed E-state index contributed by atoms with van der Waals surface area (Å²) in [5, 5.41) is 8.37. The van der Waals surface area contributed by atoms with Gasteiger partial charge in [-0.3, -0.25) is 9.48 Å². The summed E-state index contributed by atoms with van der Waals surface area (Å²) in [5.41, 5.74) is 4.23. The predicted molar refractivity (Wildman–Crippen MR) is 116 cm³/mol. The van der Waals surface area contributed by atoms with Crippen molar-refractivity contribution >= 4 is 30.4 Å². The van der Waals surface area contributed by atoms with E-state index in [1.54, 1.807) is 14.4 Å². The van der Waals surface area contributed by atoms with Crippen LogP contribution in [0.3, 0.4) is 0 Å². The van der Waals surface area contributed by atoms with Crippen molar-refractivity contribution in [3.05, 3.63) is 35.5 Å². The van der Waals surface area contributed by atoms with Crippen LogP contribution in [-0.4, -0.2) is 40.2 Å². The molecule has 1 aliphatic heterocycles. The SMILES string of the molecule is CC(=O)N1CCc2c(c(Nc3ccc([B]OC(C)(C)C)cc3)nn2CC2CC2)C1. The molecular formula is C22H30BN4O2. The molecule has 1 N–H and O–H groups in total. The molecule has 0 atom stereocenters. The zero-order chi connectivity index (χ0) is 20.6. The fourth-order valence-electron chi connectivity index (χ4n) is 3.58. The fourth-order valence-corrected chi connectivity index (χ4v) is 3.58. The molecule has 0 unspecified atom stereocenters. The predicted octanol–water partition coefficient (Wildman–Crippen LogP) is 3.00. The quantitative estimate of drug-likeness (QED) is 0.767. The maximum absolute atomic E-state index is 11.9. The lowest BCUT2D eigenvalue weighted by atomic mass is 9.87. The van der Waals surface area contributed by atoms with Crippen molar-refractivity contribution in [2.75, 3.05) is 11.9 Å². The highest BCUT2D eigenvalue weighted by Gasteiger charge is 2.29. The number of benzene rings is 1. The molecule has 7 heteroatoms. The minimum atomic E-state index is -0.201. The van der Waals surface area contributed by atoms with E-state index in [-0.39, 0.29) is 11.5 Å². The van der Waals surface area contributed by atoms with Crippen LogP contribution in [0.4, 0.5) is 11.5 Å². The smallest absolute Gasteiger partial charge is 0.330 e. The van der Waals surface area contributed by atoms with Gasteiger partial charge in [-0.05, 0) is 51.7 Å². The number of amides is 1. The Bertz CT molecular complexity index is 881. The van der Waals surface area contributed by atoms with E-state index in [4.69, 9.17) is 9.75 Å². The standard InChI is InChI=1S/C22H30BN4O2/c1-15(28)26-12-11-20-19(14-26)21(25-27(20)13-16-5-6-16)24-18-9-7-17(8-10-18)23-29-22(2,3)4/h7-10,16H,5-6,11-14H2,1-4H3,(H,24,25). The number of rotatable bonds is 6. The summed E-state index contributed by atoms with van der Waals surface area (Å²) in [5.74, 6) is 1.75. The summed E-state index contributed by atoms with van der Waals surface area (Å²) in [6.07, 6.45) is 3.46. The van der Waals surface area contributed by atoms with E-state index >= 15 is 0 Å². The Morgan fingerprint density at radius 1 is 1.28 bits per heavy atom. The fraction of sp³-hybridized carbons (Fsp3) is 0.545. The van der Waals surface area contributed by atoms with Crippen molar-refractivity contribution < 1.29 is 9.45 Å². The molecule has 1 amide bonds. The highest BCUT2D eigenvalue weighted by Crippen LogP contribution is 2.34. The van der Waals surface area contributed by atoms with Crippen molar-refractivity contribution in [2.45, 2.75) is 65.6 Å². The molecule has 153 valence electrons. The molecule has 1 aromatic heterocycles. The van der Waals surface area contributed by atoms with E-state index in [0.717, 1.165) is 48.0 Å². The normalized spacial score (nSPS) is 16.5. The maximum atomic E-state index is 11.9. The Kier molecular flexibility index (Phi) is 5.43. The molecule has 0 saturated heterocycles. The summed E-state index contributed by atoms with van der Waals surface area (Å²) in [6.45, 7) is 10.1. The minimum absolute atomic E-state index is 0.121. The summed E-state index contributed by atoms with van der Waals surface area (Å²) in [7, 11) is 1.79. The number of hydrogen-bond donors (Lipinski definition) is 1. The van der Waals surface area contributed by atoms with Crippen LogP contribution in [-0.2, 0) is 29.0 Å². The van der Waals surface area contributed by atoms with Gasteiger partial charge in [0.1, 0.15) is 0 Å². The molecule has 1 radical (unpaired) electrons. The zero-order valence-electron chi connectivity index (χ0n) is 17.9. The van der Waals surface area contributed by atoms with Gasteiger partial charge in [0.25, 0.3) is 0 Å². The number of aromatic nitrogens is 2. The topological polar surface area (TPSA) is 59.4 Å². The Hall–Kier alpha value is -2.28. The first-order valence-corrected chi connectivity index (χ1v) is 10.5. The molecule has 29 heavy (non-hydrogen) atoms. The molecule has 6 nitrogen and oxygen atoms in total. The van der Waals surface area contributed by atoms with E-state index < -0.39 is 0 Å². The molecule has 0 bridgehead atoms. The van der Waals surface area contributed by atoms with Crippen molar-refractivity contribution in [1.29, 1.82) is 0 Å². The maximum Gasteiger partial charge on any atom is 0.330 e. The average molecular weight is 393 g/mol. The van der Waals surface area contributed by atoms with Crippen LogP contribution in [0.5, 0.6) is 0 Å². The number of nitrogens with zero attached hydrogens (tertiary/aromatic N) is 3. The van der Waals surface area contributed by atoms with Crippen molar-refractivity contribution in [3.63, 3.8) is 0 Å². The molecule has 4 rings (SSSR count). The average Bonchev–Trinajstić information content (AvgIpc) is 3.43. The third-order valence-electron chi connectivity index (χ3n) is 5.43. The summed E-state index contributed by atoms with van der Waals surface area (Å²) in [4.78, 5) is 13.8. The minimum Gasteiger partial charge on any atom is -0.430 e. The highest BCUT2D eigenvalue weighted by atomic mass is 16.5. The van der Waals surface area contributed by atoms with Crippen molar-refractivity contribution in [3.8, 4) is 0 Å². The van der Waals surface area contributed by atoms with E-state index in [2.05, 4.69) is 10.00 Å². The highest BCUT2D eigenvalue weighted by molar-refractivity contribution is 6.47. The number of carbonyl (C=O) groups excluding carboxylic acids is 1. The second-order valence-corrected chi connectivity index (χ2v) is 9.18. The molecule has 1 aromatic carbocycles. The summed E-state index contributed by atoms with van der Waals surface area (Å²) >= 11 is 0. The number of anilines is 2. The van der Waals surface area contributed by atoms with Gasteiger partial charge in [0.2, 0.25) is 5.91 Å². The monoisotopic (exact) mass is 393 g/mol. The van der Waals surface area contributed by atoms with Gasteiger partial charge in [0.05, 0.1) is 6.54 Å². The molecule has 2 heterocycles. The zero-order valence-corrected chi connectivity index (χ0v) is 17.9. The van der Waals surface area contributed by atoms with Crippen LogP contribution in [0.25, 0.3) is 0 Å². The second-order valence-electron chi connectivity index (χ2n) is 9.18. The molecule has 2 aliphatic rings. The number of hydrogen-bond acceptors (Lipinski definition) is 4. The van der Waals surface area contributed by atoms with E-state index in [1.807, 2.05) is 49.9 Å². The van der Waals surface area contributed by atoms with Gasteiger partial charge < -0.3 is 14.9 Å². The molecule has 1 fully saturated rings. The number of fused-ring (bicyclic) bond motifs is 1. The van der Waals surface area contributed by atoms with Crippen LogP contribution in [0.1, 0.15) is 51.8 Å². The Balaban J connectivity index is 1.52. The molecule has 0 spiro atoms. The van der Waals surface area contributed by atoms with Crippen LogP contribution in [0.2, 0.25) is 0 Å². The third-order valence-corrected chi connectivity index (χ3v) is 5.43. The van der Waals surface area contributed by atoms with Gasteiger partial charge in [0.15, 0.2) is 5.82 Å². The molecule has 2 aromatic rings. The lowest BCUT2D eigenvalue weighted by Crippen LogP contribution is -2.34. The van der Waals surface area contributed by atoms with Gasteiger partial charge in [-0.25, -0.2) is 0 Å².